The van der Waals surface area contributed by atoms with Gasteiger partial charge in [-0.1, -0.05) is 0 Å². The van der Waals surface area contributed by atoms with Crippen LogP contribution in [0.15, 0.2) is 59.7 Å². The number of likely N-dealkylation sites (tertiary alicyclic amines) is 1. The molecule has 5 N–H and O–H groups in total. The molecule has 0 radical (unpaired) electrons. The van der Waals surface area contributed by atoms with E-state index in [4.69, 9.17) is 20.9 Å². The lowest BCUT2D eigenvalue weighted by Crippen LogP contribution is -2.41. The average molecular weight is 480 g/mol. The van der Waals surface area contributed by atoms with E-state index in [-0.39, 0.29) is 28.8 Å². The zero-order valence-corrected chi connectivity index (χ0v) is 19.5. The molecule has 0 bridgehead atoms. The second kappa shape index (κ2) is 12.3. The van der Waals surface area contributed by atoms with Crippen molar-refractivity contribution in [3.05, 3.63) is 65.9 Å². The normalized spacial score (nSPS) is 14.3. The van der Waals surface area contributed by atoms with Crippen molar-refractivity contribution in [2.24, 2.45) is 16.5 Å². The number of amides is 2. The first kappa shape index (κ1) is 25.4. The molecule has 1 heterocycles. The van der Waals surface area contributed by atoms with E-state index in [9.17, 15) is 14.4 Å². The number of carbonyl (C=O) groups is 3. The van der Waals surface area contributed by atoms with E-state index in [0.717, 1.165) is 19.5 Å². The molecule has 10 heteroatoms. The Bertz CT molecular complexity index is 1110. The third-order valence-corrected chi connectivity index (χ3v) is 5.22. The van der Waals surface area contributed by atoms with Crippen LogP contribution in [0.2, 0.25) is 0 Å². The van der Waals surface area contributed by atoms with Crippen LogP contribution in [0.3, 0.4) is 0 Å². The Kier molecular flexibility index (Phi) is 8.96. The molecular weight excluding hydrogens is 450 g/mol. The molecule has 184 valence electrons. The van der Waals surface area contributed by atoms with Crippen LogP contribution in [-0.4, -0.2) is 61.6 Å². The van der Waals surface area contributed by atoms with E-state index >= 15 is 0 Å². The van der Waals surface area contributed by atoms with Crippen molar-refractivity contribution in [3.8, 4) is 17.2 Å². The average Bonchev–Trinajstić information content (AvgIpc) is 2.81. The van der Waals surface area contributed by atoms with E-state index in [1.54, 1.807) is 42.3 Å². The number of nitrogens with two attached hydrogens (primary N) is 2. The fourth-order valence-corrected chi connectivity index (χ4v) is 3.26. The molecule has 0 aliphatic carbocycles. The monoisotopic (exact) mass is 479 g/mol. The second-order valence-electron chi connectivity index (χ2n) is 7.85. The summed E-state index contributed by atoms with van der Waals surface area (Å²) in [5.41, 5.74) is 11.7. The van der Waals surface area contributed by atoms with Crippen LogP contribution in [0.25, 0.3) is 0 Å². The number of aldehydes is 1. The Morgan fingerprint density at radius 1 is 1.11 bits per heavy atom. The second-order valence-corrected chi connectivity index (χ2v) is 7.85. The van der Waals surface area contributed by atoms with Crippen LogP contribution < -0.4 is 26.3 Å². The number of hydrogen-bond donors (Lipinski definition) is 3. The number of benzene rings is 2. The highest BCUT2D eigenvalue weighted by Crippen LogP contribution is 2.29. The molecule has 1 aliphatic heterocycles. The van der Waals surface area contributed by atoms with E-state index in [1.807, 2.05) is 0 Å². The standard InChI is InChI=1S/C25H29N5O5/c1-28-10-8-20(16-31)35-22-14-18(24(32)29-23(27)7-9-26)13-21(15-22)34-19-5-3-17(4-6-19)25(33)30-11-2-12-30/h3-7,9,13-16,20,28H,2,8,10-12,26H2,1H3,(H2,27,29,32)/b9-7-. The Hall–Kier alpha value is -4.18. The Morgan fingerprint density at radius 3 is 2.43 bits per heavy atom. The smallest absolute Gasteiger partial charge is 0.279 e. The van der Waals surface area contributed by atoms with Gasteiger partial charge in [-0.15, -0.1) is 0 Å². The van der Waals surface area contributed by atoms with Gasteiger partial charge in [-0.25, -0.2) is 0 Å². The summed E-state index contributed by atoms with van der Waals surface area (Å²) in [5.74, 6) is 0.282. The molecule has 2 aromatic carbocycles. The van der Waals surface area contributed by atoms with Crippen LogP contribution in [0.5, 0.6) is 17.2 Å². The SMILES string of the molecule is CNCCC(C=O)Oc1cc(Oc2ccc(C(=O)N3CCC3)cc2)cc(C(=O)N=C(N)/C=C\N)c1. The molecule has 1 fully saturated rings. The Labute approximate surface area is 203 Å². The van der Waals surface area contributed by atoms with Crippen LogP contribution in [0.4, 0.5) is 0 Å². The maximum atomic E-state index is 12.7. The first-order chi connectivity index (χ1) is 16.9. The van der Waals surface area contributed by atoms with E-state index < -0.39 is 12.0 Å². The summed E-state index contributed by atoms with van der Waals surface area (Å²) in [7, 11) is 1.77. The van der Waals surface area contributed by atoms with E-state index in [0.29, 0.717) is 30.6 Å². The Balaban J connectivity index is 1.85. The molecule has 35 heavy (non-hydrogen) atoms. The molecule has 0 aromatic heterocycles. The molecule has 3 rings (SSSR count). The van der Waals surface area contributed by atoms with Gasteiger partial charge < -0.3 is 31.2 Å². The van der Waals surface area contributed by atoms with Crippen LogP contribution in [0.1, 0.15) is 33.6 Å². The van der Waals surface area contributed by atoms with Gasteiger partial charge in [-0.2, -0.15) is 4.99 Å². The largest absolute Gasteiger partial charge is 0.483 e. The van der Waals surface area contributed by atoms with Crippen molar-refractivity contribution in [1.82, 2.24) is 10.2 Å². The number of carbonyl (C=O) groups excluding carboxylic acids is 3. The van der Waals surface area contributed by atoms with Gasteiger partial charge in [0.2, 0.25) is 0 Å². The zero-order valence-electron chi connectivity index (χ0n) is 19.5. The van der Waals surface area contributed by atoms with Crippen molar-refractivity contribution in [2.75, 3.05) is 26.7 Å². The highest BCUT2D eigenvalue weighted by molar-refractivity contribution is 6.06. The molecule has 1 unspecified atom stereocenters. The lowest BCUT2D eigenvalue weighted by atomic mass is 10.1. The number of hydrogen-bond acceptors (Lipinski definition) is 7. The van der Waals surface area contributed by atoms with Gasteiger partial charge in [0.1, 0.15) is 23.1 Å². The summed E-state index contributed by atoms with van der Waals surface area (Å²) >= 11 is 0. The Morgan fingerprint density at radius 2 is 1.83 bits per heavy atom. The minimum atomic E-state index is -0.721. The van der Waals surface area contributed by atoms with Gasteiger partial charge in [0.25, 0.3) is 11.8 Å². The fourth-order valence-electron chi connectivity index (χ4n) is 3.26. The quantitative estimate of drug-likeness (QED) is 0.251. The molecule has 0 saturated carbocycles. The highest BCUT2D eigenvalue weighted by atomic mass is 16.5. The summed E-state index contributed by atoms with van der Waals surface area (Å²) in [4.78, 5) is 42.0. The van der Waals surface area contributed by atoms with Gasteiger partial charge in [-0.3, -0.25) is 14.4 Å². The lowest BCUT2D eigenvalue weighted by Gasteiger charge is -2.30. The lowest BCUT2D eigenvalue weighted by molar-refractivity contribution is -0.113. The van der Waals surface area contributed by atoms with Crippen molar-refractivity contribution in [3.63, 3.8) is 0 Å². The topological polar surface area (TPSA) is 149 Å². The number of nitrogens with zero attached hydrogens (tertiary/aromatic N) is 2. The van der Waals surface area contributed by atoms with Gasteiger partial charge in [-0.05, 0) is 68.7 Å². The predicted molar refractivity (Wildman–Crippen MR) is 132 cm³/mol. The zero-order chi connectivity index (χ0) is 25.2. The maximum absolute atomic E-state index is 12.7. The summed E-state index contributed by atoms with van der Waals surface area (Å²) < 4.78 is 11.7. The van der Waals surface area contributed by atoms with E-state index in [2.05, 4.69) is 10.3 Å². The van der Waals surface area contributed by atoms with Gasteiger partial charge in [0, 0.05) is 36.7 Å². The van der Waals surface area contributed by atoms with Gasteiger partial charge in [0.05, 0.1) is 0 Å². The first-order valence-corrected chi connectivity index (χ1v) is 11.2. The van der Waals surface area contributed by atoms with Crippen molar-refractivity contribution in [1.29, 1.82) is 0 Å². The number of ether oxygens (including phenoxy) is 2. The number of rotatable bonds is 11. The molecule has 1 saturated heterocycles. The number of nitrogens with one attached hydrogen (secondary N) is 1. The van der Waals surface area contributed by atoms with Gasteiger partial charge in [0.15, 0.2) is 12.4 Å². The first-order valence-electron chi connectivity index (χ1n) is 11.2. The molecule has 1 atom stereocenters. The van der Waals surface area contributed by atoms with Crippen molar-refractivity contribution in [2.45, 2.75) is 18.9 Å². The van der Waals surface area contributed by atoms with Crippen molar-refractivity contribution < 1.29 is 23.9 Å². The number of aliphatic imine (C=N–C) groups is 1. The third-order valence-electron chi connectivity index (χ3n) is 5.22. The summed E-state index contributed by atoms with van der Waals surface area (Å²) in [6.45, 7) is 2.11. The summed E-state index contributed by atoms with van der Waals surface area (Å²) in [6, 6.07) is 11.2. The maximum Gasteiger partial charge on any atom is 0.279 e. The third kappa shape index (κ3) is 7.15. The molecule has 2 aromatic rings. The fraction of sp³-hybridized carbons (Fsp3) is 0.280. The minimum absolute atomic E-state index is 0.0190. The highest BCUT2D eigenvalue weighted by Gasteiger charge is 2.21. The predicted octanol–water partition coefficient (Wildman–Crippen LogP) is 1.85. The van der Waals surface area contributed by atoms with Crippen molar-refractivity contribution >= 4 is 23.9 Å². The number of amidine groups is 1. The molecule has 1 aliphatic rings. The van der Waals surface area contributed by atoms with Gasteiger partial charge >= 0.3 is 0 Å². The summed E-state index contributed by atoms with van der Waals surface area (Å²) in [6.07, 6.45) is 3.90. The molecule has 0 spiro atoms. The van der Waals surface area contributed by atoms with E-state index in [1.165, 1.54) is 24.4 Å². The minimum Gasteiger partial charge on any atom is -0.483 e. The van der Waals surface area contributed by atoms with Crippen LogP contribution in [0, 0.1) is 0 Å². The summed E-state index contributed by atoms with van der Waals surface area (Å²) in [5, 5.41) is 2.96. The molecular formula is C25H29N5O5. The molecule has 10 nitrogen and oxygen atoms in total. The van der Waals surface area contributed by atoms with Crippen LogP contribution >= 0.6 is 0 Å². The van der Waals surface area contributed by atoms with Crippen LogP contribution in [-0.2, 0) is 4.79 Å². The molecule has 2 amide bonds.